The van der Waals surface area contributed by atoms with Crippen molar-refractivity contribution in [3.8, 4) is 0 Å². The Labute approximate surface area is 119 Å². The van der Waals surface area contributed by atoms with Crippen LogP contribution in [0.3, 0.4) is 0 Å². The molecule has 1 unspecified atom stereocenters. The summed E-state index contributed by atoms with van der Waals surface area (Å²) in [5.74, 6) is -0.0449. The summed E-state index contributed by atoms with van der Waals surface area (Å²) in [5, 5.41) is 6.12. The lowest BCUT2D eigenvalue weighted by molar-refractivity contribution is -0.116. The molecule has 0 aromatic heterocycles. The Morgan fingerprint density at radius 1 is 1.30 bits per heavy atom. The monoisotopic (exact) mass is 296 g/mol. The second-order valence-corrected chi connectivity index (χ2v) is 7.21. The maximum atomic E-state index is 11.9. The van der Waals surface area contributed by atoms with E-state index >= 15 is 0 Å². The van der Waals surface area contributed by atoms with Crippen molar-refractivity contribution in [3.05, 3.63) is 24.3 Å². The van der Waals surface area contributed by atoms with E-state index in [9.17, 15) is 13.2 Å². The van der Waals surface area contributed by atoms with Crippen LogP contribution in [0.25, 0.3) is 0 Å². The number of anilines is 1. The van der Waals surface area contributed by atoms with Crippen LogP contribution < -0.4 is 10.6 Å². The number of sulfone groups is 1. The zero-order valence-corrected chi connectivity index (χ0v) is 12.4. The van der Waals surface area contributed by atoms with Crippen LogP contribution in [0.1, 0.15) is 25.7 Å². The first-order chi connectivity index (χ1) is 9.45. The molecule has 1 amide bonds. The molecule has 1 aromatic carbocycles. The second-order valence-electron chi connectivity index (χ2n) is 5.20. The van der Waals surface area contributed by atoms with Gasteiger partial charge in [0.15, 0.2) is 9.84 Å². The standard InChI is InChI=1S/C14H20N2O3S/c1-20(18,19)13-7-5-11(6-8-13)16-14(17)10-12-4-2-3-9-15-12/h5-8,12,15H,2-4,9-10H2,1H3,(H,16,17). The van der Waals surface area contributed by atoms with Gasteiger partial charge in [-0.2, -0.15) is 0 Å². The number of nitrogens with one attached hydrogen (secondary N) is 2. The van der Waals surface area contributed by atoms with Gasteiger partial charge in [0.25, 0.3) is 0 Å². The third kappa shape index (κ3) is 4.31. The Balaban J connectivity index is 1.91. The minimum Gasteiger partial charge on any atom is -0.326 e. The predicted molar refractivity (Wildman–Crippen MR) is 78.4 cm³/mol. The topological polar surface area (TPSA) is 75.3 Å². The van der Waals surface area contributed by atoms with Crippen molar-refractivity contribution in [3.63, 3.8) is 0 Å². The Hall–Kier alpha value is -1.40. The molecule has 1 heterocycles. The van der Waals surface area contributed by atoms with Crippen molar-refractivity contribution >= 4 is 21.4 Å². The van der Waals surface area contributed by atoms with Crippen LogP contribution in [-0.4, -0.2) is 33.2 Å². The molecular weight excluding hydrogens is 276 g/mol. The molecule has 0 spiro atoms. The smallest absolute Gasteiger partial charge is 0.225 e. The van der Waals surface area contributed by atoms with Crippen LogP contribution in [0.4, 0.5) is 5.69 Å². The lowest BCUT2D eigenvalue weighted by atomic mass is 10.0. The maximum Gasteiger partial charge on any atom is 0.225 e. The van der Waals surface area contributed by atoms with Crippen LogP contribution >= 0.6 is 0 Å². The molecule has 1 saturated heterocycles. The predicted octanol–water partition coefficient (Wildman–Crippen LogP) is 1.56. The average Bonchev–Trinajstić information content (AvgIpc) is 2.39. The molecule has 110 valence electrons. The summed E-state index contributed by atoms with van der Waals surface area (Å²) >= 11 is 0. The molecule has 20 heavy (non-hydrogen) atoms. The van der Waals surface area contributed by atoms with Gasteiger partial charge < -0.3 is 10.6 Å². The van der Waals surface area contributed by atoms with Crippen molar-refractivity contribution < 1.29 is 13.2 Å². The van der Waals surface area contributed by atoms with Gasteiger partial charge in [-0.05, 0) is 43.7 Å². The number of rotatable bonds is 4. The lowest BCUT2D eigenvalue weighted by Crippen LogP contribution is -2.36. The first kappa shape index (κ1) is 15.0. The van der Waals surface area contributed by atoms with Crippen molar-refractivity contribution in [1.82, 2.24) is 5.32 Å². The van der Waals surface area contributed by atoms with Crippen LogP contribution in [-0.2, 0) is 14.6 Å². The third-order valence-electron chi connectivity index (χ3n) is 3.41. The van der Waals surface area contributed by atoms with Gasteiger partial charge in [-0.3, -0.25) is 4.79 Å². The summed E-state index contributed by atoms with van der Waals surface area (Å²) in [7, 11) is -3.19. The van der Waals surface area contributed by atoms with Gasteiger partial charge in [0.05, 0.1) is 4.90 Å². The molecule has 2 rings (SSSR count). The lowest BCUT2D eigenvalue weighted by Gasteiger charge is -2.22. The van der Waals surface area contributed by atoms with Crippen LogP contribution in [0, 0.1) is 0 Å². The molecule has 1 fully saturated rings. The number of hydrogen-bond acceptors (Lipinski definition) is 4. The number of carbonyl (C=O) groups excluding carboxylic acids is 1. The molecule has 2 N–H and O–H groups in total. The molecule has 1 aromatic rings. The van der Waals surface area contributed by atoms with E-state index < -0.39 is 9.84 Å². The second kappa shape index (κ2) is 6.37. The van der Waals surface area contributed by atoms with E-state index in [1.165, 1.54) is 18.6 Å². The van der Waals surface area contributed by atoms with Gasteiger partial charge in [-0.25, -0.2) is 8.42 Å². The van der Waals surface area contributed by atoms with Crippen LogP contribution in [0.2, 0.25) is 0 Å². The highest BCUT2D eigenvalue weighted by Gasteiger charge is 2.16. The van der Waals surface area contributed by atoms with Gasteiger partial charge in [0, 0.05) is 24.4 Å². The fraction of sp³-hybridized carbons (Fsp3) is 0.500. The Morgan fingerprint density at radius 3 is 2.55 bits per heavy atom. The van der Waals surface area contributed by atoms with E-state index in [2.05, 4.69) is 10.6 Å². The van der Waals surface area contributed by atoms with E-state index in [0.29, 0.717) is 12.1 Å². The molecule has 5 nitrogen and oxygen atoms in total. The van der Waals surface area contributed by atoms with Crippen molar-refractivity contribution in [2.45, 2.75) is 36.6 Å². The number of amides is 1. The van der Waals surface area contributed by atoms with E-state index in [0.717, 1.165) is 25.6 Å². The fourth-order valence-electron chi connectivity index (χ4n) is 2.32. The molecule has 1 aliphatic rings. The van der Waals surface area contributed by atoms with Crippen molar-refractivity contribution in [2.75, 3.05) is 18.1 Å². The fourth-order valence-corrected chi connectivity index (χ4v) is 2.95. The zero-order valence-electron chi connectivity index (χ0n) is 11.6. The quantitative estimate of drug-likeness (QED) is 0.884. The van der Waals surface area contributed by atoms with Crippen LogP contribution in [0.15, 0.2) is 29.2 Å². The third-order valence-corrected chi connectivity index (χ3v) is 4.54. The minimum absolute atomic E-state index is 0.0449. The van der Waals surface area contributed by atoms with Crippen molar-refractivity contribution in [2.24, 2.45) is 0 Å². The Morgan fingerprint density at radius 2 is 2.00 bits per heavy atom. The molecule has 0 aliphatic carbocycles. The summed E-state index contributed by atoms with van der Waals surface area (Å²) in [6.45, 7) is 0.973. The molecule has 6 heteroatoms. The number of hydrogen-bond donors (Lipinski definition) is 2. The van der Waals surface area contributed by atoms with Crippen LogP contribution in [0.5, 0.6) is 0 Å². The average molecular weight is 296 g/mol. The summed E-state index contributed by atoms with van der Waals surface area (Å²) in [6.07, 6.45) is 4.97. The molecule has 1 atom stereocenters. The number of piperidine rings is 1. The molecule has 0 radical (unpaired) electrons. The number of benzene rings is 1. The Kier molecular flexibility index (Phi) is 4.77. The zero-order chi connectivity index (χ0) is 14.6. The largest absolute Gasteiger partial charge is 0.326 e. The van der Waals surface area contributed by atoms with E-state index in [-0.39, 0.29) is 16.8 Å². The highest BCUT2D eigenvalue weighted by atomic mass is 32.2. The highest BCUT2D eigenvalue weighted by Crippen LogP contribution is 2.15. The minimum atomic E-state index is -3.19. The number of carbonyl (C=O) groups is 1. The highest BCUT2D eigenvalue weighted by molar-refractivity contribution is 7.90. The summed E-state index contributed by atoms with van der Waals surface area (Å²) in [5.41, 5.74) is 0.623. The van der Waals surface area contributed by atoms with Gasteiger partial charge in [0.2, 0.25) is 5.91 Å². The summed E-state index contributed by atoms with van der Waals surface area (Å²) in [6, 6.07) is 6.48. The Bertz CT molecular complexity index is 561. The first-order valence-corrected chi connectivity index (χ1v) is 8.67. The normalized spacial score (nSPS) is 19.6. The van der Waals surface area contributed by atoms with E-state index in [1.54, 1.807) is 12.1 Å². The maximum absolute atomic E-state index is 11.9. The van der Waals surface area contributed by atoms with Gasteiger partial charge >= 0.3 is 0 Å². The van der Waals surface area contributed by atoms with Crippen molar-refractivity contribution in [1.29, 1.82) is 0 Å². The SMILES string of the molecule is CS(=O)(=O)c1ccc(NC(=O)CC2CCCCN2)cc1. The molecule has 0 saturated carbocycles. The van der Waals surface area contributed by atoms with E-state index in [1.807, 2.05) is 0 Å². The first-order valence-electron chi connectivity index (χ1n) is 6.78. The van der Waals surface area contributed by atoms with Gasteiger partial charge in [-0.1, -0.05) is 6.42 Å². The van der Waals surface area contributed by atoms with E-state index in [4.69, 9.17) is 0 Å². The molecule has 1 aliphatic heterocycles. The molecular formula is C14H20N2O3S. The molecule has 0 bridgehead atoms. The summed E-state index contributed by atoms with van der Waals surface area (Å²) in [4.78, 5) is 12.1. The van der Waals surface area contributed by atoms with Gasteiger partial charge in [0.1, 0.15) is 0 Å². The van der Waals surface area contributed by atoms with Gasteiger partial charge in [-0.15, -0.1) is 0 Å². The summed E-state index contributed by atoms with van der Waals surface area (Å²) < 4.78 is 22.7.